The SMILES string of the molecule is O=C(Nc1ccccn1)c1n[nH]c2cc(F)c(-c3cncc(CN4CCCCC4)c3)cc12. The third-order valence-electron chi connectivity index (χ3n) is 5.73. The molecule has 0 saturated carbocycles. The summed E-state index contributed by atoms with van der Waals surface area (Å²) >= 11 is 0. The van der Waals surface area contributed by atoms with Gasteiger partial charge in [0.25, 0.3) is 5.91 Å². The lowest BCUT2D eigenvalue weighted by molar-refractivity contribution is 0.102. The normalized spacial score (nSPS) is 14.5. The highest BCUT2D eigenvalue weighted by Crippen LogP contribution is 2.29. The van der Waals surface area contributed by atoms with Gasteiger partial charge in [-0.25, -0.2) is 9.37 Å². The van der Waals surface area contributed by atoms with Crippen LogP contribution in [0.15, 0.2) is 55.0 Å². The third kappa shape index (κ3) is 4.22. The van der Waals surface area contributed by atoms with Crippen molar-refractivity contribution < 1.29 is 9.18 Å². The van der Waals surface area contributed by atoms with Crippen LogP contribution in [0.1, 0.15) is 35.3 Å². The van der Waals surface area contributed by atoms with E-state index < -0.39 is 11.7 Å². The quantitative estimate of drug-likeness (QED) is 0.490. The molecule has 0 spiro atoms. The van der Waals surface area contributed by atoms with Gasteiger partial charge in [-0.2, -0.15) is 5.10 Å². The number of rotatable bonds is 5. The number of nitrogens with zero attached hydrogens (tertiary/aromatic N) is 4. The lowest BCUT2D eigenvalue weighted by Gasteiger charge is -2.26. The van der Waals surface area contributed by atoms with Crippen molar-refractivity contribution in [1.82, 2.24) is 25.1 Å². The predicted molar refractivity (Wildman–Crippen MR) is 121 cm³/mol. The summed E-state index contributed by atoms with van der Waals surface area (Å²) in [5.74, 6) is -0.384. The van der Waals surface area contributed by atoms with E-state index in [-0.39, 0.29) is 5.69 Å². The molecule has 1 amide bonds. The number of H-pyrrole nitrogens is 1. The maximum absolute atomic E-state index is 15.0. The molecule has 0 unspecified atom stereocenters. The first-order valence-electron chi connectivity index (χ1n) is 10.7. The summed E-state index contributed by atoms with van der Waals surface area (Å²) in [4.78, 5) is 23.6. The maximum atomic E-state index is 15.0. The summed E-state index contributed by atoms with van der Waals surface area (Å²) in [6.07, 6.45) is 8.77. The summed E-state index contributed by atoms with van der Waals surface area (Å²) in [7, 11) is 0. The highest BCUT2D eigenvalue weighted by atomic mass is 19.1. The van der Waals surface area contributed by atoms with Gasteiger partial charge >= 0.3 is 0 Å². The van der Waals surface area contributed by atoms with E-state index in [0.29, 0.717) is 27.8 Å². The third-order valence-corrected chi connectivity index (χ3v) is 5.73. The number of anilines is 1. The summed E-state index contributed by atoms with van der Waals surface area (Å²) in [5, 5.41) is 10.1. The lowest BCUT2D eigenvalue weighted by Crippen LogP contribution is -2.29. The smallest absolute Gasteiger partial charge is 0.277 e. The van der Waals surface area contributed by atoms with Crippen LogP contribution in [0.4, 0.5) is 10.2 Å². The first-order valence-corrected chi connectivity index (χ1v) is 10.7. The van der Waals surface area contributed by atoms with Crippen molar-refractivity contribution in [3.8, 4) is 11.1 Å². The van der Waals surface area contributed by atoms with Crippen LogP contribution < -0.4 is 5.32 Å². The van der Waals surface area contributed by atoms with Crippen molar-refractivity contribution in [2.24, 2.45) is 0 Å². The van der Waals surface area contributed by atoms with Gasteiger partial charge in [0.2, 0.25) is 0 Å². The van der Waals surface area contributed by atoms with Gasteiger partial charge in [0.05, 0.1) is 5.52 Å². The molecule has 0 atom stereocenters. The second-order valence-electron chi connectivity index (χ2n) is 8.04. The largest absolute Gasteiger partial charge is 0.305 e. The molecular formula is C24H23FN6O. The minimum atomic E-state index is -0.413. The zero-order valence-electron chi connectivity index (χ0n) is 17.5. The number of hydrogen-bond acceptors (Lipinski definition) is 5. The molecule has 1 saturated heterocycles. The Morgan fingerprint density at radius 2 is 2.00 bits per heavy atom. The molecule has 0 aliphatic carbocycles. The first kappa shape index (κ1) is 20.3. The number of nitrogens with one attached hydrogen (secondary N) is 2. The Bertz CT molecular complexity index is 1250. The Morgan fingerprint density at radius 3 is 2.81 bits per heavy atom. The zero-order valence-corrected chi connectivity index (χ0v) is 17.5. The number of carbonyl (C=O) groups is 1. The molecule has 8 heteroatoms. The number of piperidine rings is 1. The number of carbonyl (C=O) groups excluding carboxylic acids is 1. The summed E-state index contributed by atoms with van der Waals surface area (Å²) in [5.41, 5.74) is 2.75. The Kier molecular flexibility index (Phi) is 5.60. The topological polar surface area (TPSA) is 86.8 Å². The first-order chi connectivity index (χ1) is 15.7. The number of aromatic amines is 1. The number of halogens is 1. The number of likely N-dealkylation sites (tertiary alicyclic amines) is 1. The minimum absolute atomic E-state index is 0.185. The van der Waals surface area contributed by atoms with Crippen LogP contribution in [0.5, 0.6) is 0 Å². The summed E-state index contributed by atoms with van der Waals surface area (Å²) < 4.78 is 15.0. The lowest BCUT2D eigenvalue weighted by atomic mass is 10.0. The van der Waals surface area contributed by atoms with Gasteiger partial charge in [-0.15, -0.1) is 0 Å². The maximum Gasteiger partial charge on any atom is 0.277 e. The fourth-order valence-corrected chi connectivity index (χ4v) is 4.14. The van der Waals surface area contributed by atoms with Crippen LogP contribution >= 0.6 is 0 Å². The monoisotopic (exact) mass is 430 g/mol. The predicted octanol–water partition coefficient (Wildman–Crippen LogP) is 4.40. The highest BCUT2D eigenvalue weighted by Gasteiger charge is 2.18. The number of fused-ring (bicyclic) bond motifs is 1. The number of benzene rings is 1. The Balaban J connectivity index is 1.45. The van der Waals surface area contributed by atoms with E-state index in [0.717, 1.165) is 25.2 Å². The molecule has 4 aromatic rings. The van der Waals surface area contributed by atoms with Gasteiger partial charge < -0.3 is 5.32 Å². The van der Waals surface area contributed by atoms with Crippen LogP contribution in [0.25, 0.3) is 22.0 Å². The number of amides is 1. The van der Waals surface area contributed by atoms with Gasteiger partial charge in [-0.1, -0.05) is 12.5 Å². The number of aromatic nitrogens is 4. The molecule has 5 rings (SSSR count). The van der Waals surface area contributed by atoms with E-state index in [1.165, 1.54) is 25.3 Å². The van der Waals surface area contributed by atoms with E-state index in [9.17, 15) is 9.18 Å². The minimum Gasteiger partial charge on any atom is -0.305 e. The second-order valence-corrected chi connectivity index (χ2v) is 8.04. The standard InChI is InChI=1S/C24H23FN6O/c25-20-12-21-19(23(30-29-21)24(32)28-22-6-2-3-7-27-22)11-18(20)17-10-16(13-26-14-17)15-31-8-4-1-5-9-31/h2-3,6-7,10-14H,1,4-5,8-9,15H2,(H,29,30)(H,27,28,32). The van der Waals surface area contributed by atoms with Crippen molar-refractivity contribution in [3.63, 3.8) is 0 Å². The highest BCUT2D eigenvalue weighted by molar-refractivity contribution is 6.11. The van der Waals surface area contributed by atoms with Crippen LogP contribution in [-0.2, 0) is 6.54 Å². The van der Waals surface area contributed by atoms with Gasteiger partial charge in [0, 0.05) is 47.7 Å². The van der Waals surface area contributed by atoms with Gasteiger partial charge in [0.1, 0.15) is 11.6 Å². The summed E-state index contributed by atoms with van der Waals surface area (Å²) in [6.45, 7) is 2.96. The van der Waals surface area contributed by atoms with Crippen LogP contribution in [0, 0.1) is 5.82 Å². The molecule has 1 aliphatic rings. The molecule has 162 valence electrons. The zero-order chi connectivity index (χ0) is 21.9. The molecular weight excluding hydrogens is 407 g/mol. The molecule has 0 radical (unpaired) electrons. The summed E-state index contributed by atoms with van der Waals surface area (Å²) in [6, 6.07) is 10.2. The van der Waals surface area contributed by atoms with Gasteiger partial charge in [-0.05, 0) is 55.8 Å². The Labute approximate surface area is 184 Å². The molecule has 32 heavy (non-hydrogen) atoms. The van der Waals surface area contributed by atoms with Gasteiger partial charge in [-0.3, -0.25) is 19.8 Å². The fourth-order valence-electron chi connectivity index (χ4n) is 4.14. The number of hydrogen-bond donors (Lipinski definition) is 2. The number of pyridine rings is 2. The van der Waals surface area contributed by atoms with E-state index in [4.69, 9.17) is 0 Å². The molecule has 7 nitrogen and oxygen atoms in total. The average molecular weight is 430 g/mol. The van der Waals surface area contributed by atoms with Crippen LogP contribution in [0.2, 0.25) is 0 Å². The molecule has 4 heterocycles. The van der Waals surface area contributed by atoms with Crippen molar-refractivity contribution in [3.05, 3.63) is 72.1 Å². The van der Waals surface area contributed by atoms with Crippen LogP contribution in [0.3, 0.4) is 0 Å². The van der Waals surface area contributed by atoms with Crippen molar-refractivity contribution >= 4 is 22.6 Å². The molecule has 0 bridgehead atoms. The van der Waals surface area contributed by atoms with Crippen molar-refractivity contribution in [2.45, 2.75) is 25.8 Å². The molecule has 1 aliphatic heterocycles. The molecule has 1 fully saturated rings. The van der Waals surface area contributed by atoms with Crippen molar-refractivity contribution in [2.75, 3.05) is 18.4 Å². The molecule has 1 aromatic carbocycles. The van der Waals surface area contributed by atoms with Crippen molar-refractivity contribution in [1.29, 1.82) is 0 Å². The van der Waals surface area contributed by atoms with E-state index >= 15 is 0 Å². The van der Waals surface area contributed by atoms with E-state index in [1.54, 1.807) is 36.7 Å². The van der Waals surface area contributed by atoms with Crippen LogP contribution in [-0.4, -0.2) is 44.1 Å². The molecule has 2 N–H and O–H groups in total. The van der Waals surface area contributed by atoms with E-state index in [1.807, 2.05) is 12.3 Å². The average Bonchev–Trinajstić information content (AvgIpc) is 3.23. The van der Waals surface area contributed by atoms with E-state index in [2.05, 4.69) is 30.4 Å². The second kappa shape index (κ2) is 8.84. The fraction of sp³-hybridized carbons (Fsp3) is 0.250. The Hall–Kier alpha value is -3.65. The molecule has 3 aromatic heterocycles. The Morgan fingerprint density at radius 1 is 1.12 bits per heavy atom. The van der Waals surface area contributed by atoms with Gasteiger partial charge in [0.15, 0.2) is 5.69 Å².